The van der Waals surface area contributed by atoms with Crippen LogP contribution in [0.5, 0.6) is 0 Å². The summed E-state index contributed by atoms with van der Waals surface area (Å²) in [5, 5.41) is 15.8. The summed E-state index contributed by atoms with van der Waals surface area (Å²) >= 11 is 7.44. The van der Waals surface area contributed by atoms with Crippen LogP contribution in [0.1, 0.15) is 23.7 Å². The van der Waals surface area contributed by atoms with Crippen molar-refractivity contribution in [2.24, 2.45) is 0 Å². The highest BCUT2D eigenvalue weighted by molar-refractivity contribution is 7.98. The number of thioether (sulfide) groups is 1. The number of aryl methyl sites for hydroxylation is 2. The first kappa shape index (κ1) is 21.1. The van der Waals surface area contributed by atoms with Crippen molar-refractivity contribution in [1.29, 1.82) is 0 Å². The Morgan fingerprint density at radius 1 is 1.13 bits per heavy atom. The molecule has 0 spiro atoms. The van der Waals surface area contributed by atoms with Gasteiger partial charge in [-0.15, -0.1) is 10.2 Å². The van der Waals surface area contributed by atoms with Crippen LogP contribution in [0.2, 0.25) is 5.02 Å². The lowest BCUT2D eigenvalue weighted by molar-refractivity contribution is -0.116. The summed E-state index contributed by atoms with van der Waals surface area (Å²) in [7, 11) is 0. The molecule has 0 atom stereocenters. The topological polar surface area (TPSA) is 107 Å². The molecule has 1 N–H and O–H groups in total. The Hall–Kier alpha value is -3.17. The predicted octanol–water partition coefficient (Wildman–Crippen LogP) is 4.95. The van der Waals surface area contributed by atoms with Crippen molar-refractivity contribution >= 4 is 35.0 Å². The molecule has 0 aliphatic rings. The molecular weight excluding hydrogens is 438 g/mol. The van der Waals surface area contributed by atoms with Crippen LogP contribution in [0.4, 0.5) is 5.69 Å². The number of carbonyl (C=O) groups excluding carboxylic acids is 1. The van der Waals surface area contributed by atoms with Crippen LogP contribution in [-0.4, -0.2) is 26.2 Å². The molecule has 0 saturated carbocycles. The van der Waals surface area contributed by atoms with Crippen molar-refractivity contribution in [3.63, 3.8) is 0 Å². The first-order valence-electron chi connectivity index (χ1n) is 9.46. The summed E-state index contributed by atoms with van der Waals surface area (Å²) in [6, 6.07) is 14.9. The van der Waals surface area contributed by atoms with E-state index in [2.05, 4.69) is 25.7 Å². The first-order chi connectivity index (χ1) is 15.1. The number of amides is 1. The van der Waals surface area contributed by atoms with Crippen molar-refractivity contribution in [2.75, 3.05) is 5.32 Å². The lowest BCUT2D eigenvalue weighted by atomic mass is 10.2. The highest BCUT2D eigenvalue weighted by Gasteiger charge is 2.14. The van der Waals surface area contributed by atoms with E-state index in [-0.39, 0.29) is 12.3 Å². The first-order valence-corrected chi connectivity index (χ1v) is 10.8. The second-order valence-corrected chi connectivity index (χ2v) is 7.94. The molecule has 0 fully saturated rings. The molecule has 0 unspecified atom stereocenters. The van der Waals surface area contributed by atoms with Gasteiger partial charge < -0.3 is 14.3 Å². The average molecular weight is 456 g/mol. The maximum absolute atomic E-state index is 12.2. The number of nitrogens with zero attached hydrogens (tertiary/aromatic N) is 4. The Morgan fingerprint density at radius 2 is 1.94 bits per heavy atom. The van der Waals surface area contributed by atoms with Gasteiger partial charge in [0.2, 0.25) is 17.7 Å². The van der Waals surface area contributed by atoms with Gasteiger partial charge in [-0.2, -0.15) is 4.98 Å². The van der Waals surface area contributed by atoms with E-state index >= 15 is 0 Å². The smallest absolute Gasteiger partial charge is 0.277 e. The van der Waals surface area contributed by atoms with Crippen LogP contribution < -0.4 is 5.32 Å². The number of para-hydroxylation sites is 1. The molecule has 0 aliphatic carbocycles. The third-order valence-corrected chi connectivity index (χ3v) is 5.47. The molecular formula is C21H18ClN5O3S. The van der Waals surface area contributed by atoms with Gasteiger partial charge in [-0.1, -0.05) is 58.9 Å². The van der Waals surface area contributed by atoms with Gasteiger partial charge in [0, 0.05) is 18.5 Å². The average Bonchev–Trinajstić information content (AvgIpc) is 3.42. The number of rotatable bonds is 8. The quantitative estimate of drug-likeness (QED) is 0.372. The number of aromatic nitrogens is 4. The summed E-state index contributed by atoms with van der Waals surface area (Å²) in [5.41, 5.74) is 2.48. The zero-order valence-electron chi connectivity index (χ0n) is 16.5. The number of nitrogens with one attached hydrogen (secondary N) is 1. The zero-order valence-corrected chi connectivity index (χ0v) is 18.1. The predicted molar refractivity (Wildman–Crippen MR) is 117 cm³/mol. The lowest BCUT2D eigenvalue weighted by Gasteiger charge is -2.06. The maximum atomic E-state index is 12.2. The van der Waals surface area contributed by atoms with E-state index in [1.54, 1.807) is 6.07 Å². The Kier molecular flexibility index (Phi) is 6.63. The Bertz CT molecular complexity index is 1190. The summed E-state index contributed by atoms with van der Waals surface area (Å²) < 4.78 is 10.9. The van der Waals surface area contributed by atoms with Crippen LogP contribution >= 0.6 is 23.4 Å². The number of halogens is 1. The van der Waals surface area contributed by atoms with Gasteiger partial charge in [0.1, 0.15) is 0 Å². The molecule has 2 aromatic carbocycles. The van der Waals surface area contributed by atoms with Gasteiger partial charge in [0.05, 0.1) is 16.3 Å². The fraction of sp³-hybridized carbons (Fsp3) is 0.190. The fourth-order valence-electron chi connectivity index (χ4n) is 2.73. The molecule has 4 aromatic rings. The van der Waals surface area contributed by atoms with Gasteiger partial charge >= 0.3 is 0 Å². The standard InChI is InChI=1S/C21H18ClN5O3S/c1-13-6-2-5-9-16(13)23-18(28)10-11-19-24-17(27-30-19)12-31-21-26-25-20(29-21)14-7-3-4-8-15(14)22/h2-9H,10-12H2,1H3,(H,23,28). The van der Waals surface area contributed by atoms with Gasteiger partial charge in [-0.25, -0.2) is 0 Å². The number of benzene rings is 2. The van der Waals surface area contributed by atoms with E-state index < -0.39 is 0 Å². The molecule has 0 radical (unpaired) electrons. The van der Waals surface area contributed by atoms with Crippen molar-refractivity contribution in [3.8, 4) is 11.5 Å². The zero-order chi connectivity index (χ0) is 21.6. The Labute approximate surface area is 187 Å². The van der Waals surface area contributed by atoms with E-state index in [9.17, 15) is 4.79 Å². The van der Waals surface area contributed by atoms with E-state index in [1.807, 2.05) is 49.4 Å². The highest BCUT2D eigenvalue weighted by atomic mass is 35.5. The Balaban J connectivity index is 1.27. The minimum absolute atomic E-state index is 0.110. The van der Waals surface area contributed by atoms with Crippen LogP contribution in [0, 0.1) is 6.92 Å². The monoisotopic (exact) mass is 455 g/mol. The van der Waals surface area contributed by atoms with Crippen molar-refractivity contribution in [3.05, 3.63) is 70.8 Å². The summed E-state index contributed by atoms with van der Waals surface area (Å²) in [6.07, 6.45) is 0.598. The minimum Gasteiger partial charge on any atom is -0.411 e. The second kappa shape index (κ2) is 9.76. The van der Waals surface area contributed by atoms with E-state index in [1.165, 1.54) is 11.8 Å². The number of carbonyl (C=O) groups is 1. The van der Waals surface area contributed by atoms with Crippen LogP contribution in [0.25, 0.3) is 11.5 Å². The SMILES string of the molecule is Cc1ccccc1NC(=O)CCc1nc(CSc2nnc(-c3ccccc3Cl)o2)no1. The van der Waals surface area contributed by atoms with E-state index in [0.717, 1.165) is 11.3 Å². The number of anilines is 1. The fourth-order valence-corrected chi connectivity index (χ4v) is 3.56. The molecule has 0 saturated heterocycles. The molecule has 4 rings (SSSR count). The lowest BCUT2D eigenvalue weighted by Crippen LogP contribution is -2.13. The molecule has 8 nitrogen and oxygen atoms in total. The number of hydrogen-bond acceptors (Lipinski definition) is 8. The molecule has 1 amide bonds. The molecule has 10 heteroatoms. The molecule has 0 bridgehead atoms. The number of hydrogen-bond donors (Lipinski definition) is 1. The Morgan fingerprint density at radius 3 is 2.77 bits per heavy atom. The molecule has 0 aliphatic heterocycles. The molecule has 158 valence electrons. The molecule has 2 heterocycles. The van der Waals surface area contributed by atoms with Gasteiger partial charge in [0.15, 0.2) is 5.82 Å². The molecule has 2 aromatic heterocycles. The van der Waals surface area contributed by atoms with E-state index in [0.29, 0.717) is 45.6 Å². The van der Waals surface area contributed by atoms with Gasteiger partial charge in [-0.3, -0.25) is 4.79 Å². The summed E-state index contributed by atoms with van der Waals surface area (Å²) in [6.45, 7) is 1.94. The van der Waals surface area contributed by atoms with Crippen LogP contribution in [-0.2, 0) is 17.0 Å². The third kappa shape index (κ3) is 5.50. The third-order valence-electron chi connectivity index (χ3n) is 4.33. The normalized spacial score (nSPS) is 10.9. The largest absolute Gasteiger partial charge is 0.411 e. The van der Waals surface area contributed by atoms with Crippen molar-refractivity contribution < 1.29 is 13.7 Å². The van der Waals surface area contributed by atoms with Crippen LogP contribution in [0.15, 0.2) is 62.7 Å². The van der Waals surface area contributed by atoms with Crippen molar-refractivity contribution in [1.82, 2.24) is 20.3 Å². The van der Waals surface area contributed by atoms with Crippen molar-refractivity contribution in [2.45, 2.75) is 30.7 Å². The van der Waals surface area contributed by atoms with E-state index in [4.69, 9.17) is 20.5 Å². The summed E-state index contributed by atoms with van der Waals surface area (Å²) in [5.74, 6) is 1.51. The van der Waals surface area contributed by atoms with Gasteiger partial charge in [0.25, 0.3) is 5.22 Å². The summed E-state index contributed by atoms with van der Waals surface area (Å²) in [4.78, 5) is 16.5. The second-order valence-electron chi connectivity index (χ2n) is 6.61. The highest BCUT2D eigenvalue weighted by Crippen LogP contribution is 2.29. The maximum Gasteiger partial charge on any atom is 0.277 e. The minimum atomic E-state index is -0.110. The van der Waals surface area contributed by atoms with Gasteiger partial charge in [-0.05, 0) is 30.7 Å². The van der Waals surface area contributed by atoms with Crippen LogP contribution in [0.3, 0.4) is 0 Å². The molecule has 31 heavy (non-hydrogen) atoms.